The predicted molar refractivity (Wildman–Crippen MR) is 82.4 cm³/mol. The molecule has 1 aromatic heterocycles. The Morgan fingerprint density at radius 1 is 1.13 bits per heavy atom. The maximum absolute atomic E-state index is 12.7. The number of carbonyl (C=O) groups is 2. The second kappa shape index (κ2) is 7.09. The Labute approximate surface area is 133 Å². The number of rotatable bonds is 6. The number of benzene rings is 1. The van der Waals surface area contributed by atoms with Gasteiger partial charge in [-0.05, 0) is 50.6 Å². The van der Waals surface area contributed by atoms with Gasteiger partial charge in [-0.3, -0.25) is 4.79 Å². The van der Waals surface area contributed by atoms with Crippen LogP contribution < -0.4 is 4.74 Å². The molecule has 0 amide bonds. The van der Waals surface area contributed by atoms with E-state index in [2.05, 4.69) is 4.98 Å². The molecule has 0 aliphatic carbocycles. The zero-order valence-electron chi connectivity index (χ0n) is 13.2. The van der Waals surface area contributed by atoms with Gasteiger partial charge in [0.1, 0.15) is 30.5 Å². The second-order valence-corrected chi connectivity index (χ2v) is 5.12. The van der Waals surface area contributed by atoms with Gasteiger partial charge in [-0.1, -0.05) is 0 Å². The van der Waals surface area contributed by atoms with Crippen LogP contribution in [0.15, 0.2) is 24.3 Å². The van der Waals surface area contributed by atoms with E-state index < -0.39 is 5.97 Å². The number of aromatic nitrogens is 1. The lowest BCUT2D eigenvalue weighted by molar-refractivity contribution is 0.0443. The number of Topliss-reactive ketones (excluding diaryl/α,β-unsaturated/α-hetero) is 1. The molecule has 1 aromatic carbocycles. The summed E-state index contributed by atoms with van der Waals surface area (Å²) in [5, 5.41) is 0. The normalized spacial score (nSPS) is 10.4. The number of hydrogen-bond acceptors (Lipinski definition) is 4. The van der Waals surface area contributed by atoms with Gasteiger partial charge < -0.3 is 14.5 Å². The summed E-state index contributed by atoms with van der Waals surface area (Å²) in [6.45, 7) is 5.08. The third-order valence-electron chi connectivity index (χ3n) is 3.39. The molecular formula is C17H18FNO4. The largest absolute Gasteiger partial charge is 0.490 e. The summed E-state index contributed by atoms with van der Waals surface area (Å²) in [4.78, 5) is 26.5. The third-order valence-corrected chi connectivity index (χ3v) is 3.39. The van der Waals surface area contributed by atoms with Crippen LogP contribution in [0.1, 0.15) is 39.0 Å². The maximum atomic E-state index is 12.7. The van der Waals surface area contributed by atoms with E-state index in [1.165, 1.54) is 31.2 Å². The van der Waals surface area contributed by atoms with Crippen molar-refractivity contribution in [3.63, 3.8) is 0 Å². The molecule has 0 saturated carbocycles. The van der Waals surface area contributed by atoms with Crippen LogP contribution in [0.5, 0.6) is 5.75 Å². The molecule has 0 saturated heterocycles. The third kappa shape index (κ3) is 3.97. The number of hydrogen-bond donors (Lipinski definition) is 1. The highest BCUT2D eigenvalue weighted by Crippen LogP contribution is 2.19. The Morgan fingerprint density at radius 3 is 2.35 bits per heavy atom. The number of aryl methyl sites for hydroxylation is 1. The number of H-pyrrole nitrogens is 1. The number of esters is 1. The van der Waals surface area contributed by atoms with Crippen molar-refractivity contribution in [2.45, 2.75) is 20.8 Å². The number of carbonyl (C=O) groups excluding carboxylic acids is 2. The van der Waals surface area contributed by atoms with Gasteiger partial charge >= 0.3 is 5.97 Å². The van der Waals surface area contributed by atoms with Crippen molar-refractivity contribution in [2.75, 3.05) is 13.2 Å². The zero-order chi connectivity index (χ0) is 17.0. The maximum Gasteiger partial charge on any atom is 0.355 e. The Balaban J connectivity index is 1.89. The summed E-state index contributed by atoms with van der Waals surface area (Å²) in [5.74, 6) is -0.494. The SMILES string of the molecule is CC(=O)c1c(C)[nH]c(C(=O)OCCOc2ccc(F)cc2)c1C. The second-order valence-electron chi connectivity index (χ2n) is 5.12. The minimum Gasteiger partial charge on any atom is -0.490 e. The molecule has 1 heterocycles. The molecule has 0 radical (unpaired) electrons. The van der Waals surface area contributed by atoms with Crippen LogP contribution in [0, 0.1) is 19.7 Å². The van der Waals surface area contributed by atoms with E-state index in [1.807, 2.05) is 0 Å². The molecule has 0 aliphatic heterocycles. The van der Waals surface area contributed by atoms with Gasteiger partial charge in [0, 0.05) is 11.3 Å². The molecule has 0 atom stereocenters. The van der Waals surface area contributed by atoms with E-state index in [0.29, 0.717) is 22.6 Å². The van der Waals surface area contributed by atoms with Crippen LogP contribution in [-0.4, -0.2) is 30.0 Å². The van der Waals surface area contributed by atoms with Crippen molar-refractivity contribution < 1.29 is 23.5 Å². The number of aromatic amines is 1. The fourth-order valence-corrected chi connectivity index (χ4v) is 2.38. The summed E-state index contributed by atoms with van der Waals surface area (Å²) >= 11 is 0. The van der Waals surface area contributed by atoms with Crippen molar-refractivity contribution in [2.24, 2.45) is 0 Å². The molecule has 0 bridgehead atoms. The van der Waals surface area contributed by atoms with E-state index in [0.717, 1.165) is 0 Å². The lowest BCUT2D eigenvalue weighted by Crippen LogP contribution is -2.13. The number of ketones is 1. The van der Waals surface area contributed by atoms with Gasteiger partial charge in [0.2, 0.25) is 0 Å². The molecule has 23 heavy (non-hydrogen) atoms. The van der Waals surface area contributed by atoms with Crippen molar-refractivity contribution in [3.05, 3.63) is 52.6 Å². The summed E-state index contributed by atoms with van der Waals surface area (Å²) < 4.78 is 23.2. The first-order valence-corrected chi connectivity index (χ1v) is 7.15. The Hall–Kier alpha value is -2.63. The van der Waals surface area contributed by atoms with Crippen LogP contribution in [0.2, 0.25) is 0 Å². The molecule has 0 aliphatic rings. The Morgan fingerprint density at radius 2 is 1.78 bits per heavy atom. The van der Waals surface area contributed by atoms with Gasteiger partial charge in [-0.25, -0.2) is 9.18 Å². The summed E-state index contributed by atoms with van der Waals surface area (Å²) in [6, 6.07) is 5.56. The fourth-order valence-electron chi connectivity index (χ4n) is 2.38. The fraction of sp³-hybridized carbons (Fsp3) is 0.294. The van der Waals surface area contributed by atoms with E-state index in [-0.39, 0.29) is 30.5 Å². The van der Waals surface area contributed by atoms with E-state index in [1.54, 1.807) is 13.8 Å². The van der Waals surface area contributed by atoms with Gasteiger partial charge in [0.25, 0.3) is 0 Å². The number of ether oxygens (including phenoxy) is 2. The first kappa shape index (κ1) is 16.7. The van der Waals surface area contributed by atoms with E-state index in [9.17, 15) is 14.0 Å². The van der Waals surface area contributed by atoms with Gasteiger partial charge in [0.05, 0.1) is 0 Å². The summed E-state index contributed by atoms with van der Waals surface area (Å²) in [6.07, 6.45) is 0. The molecule has 2 rings (SSSR count). The number of nitrogens with one attached hydrogen (secondary N) is 1. The van der Waals surface area contributed by atoms with E-state index in [4.69, 9.17) is 9.47 Å². The monoisotopic (exact) mass is 319 g/mol. The topological polar surface area (TPSA) is 68.4 Å². The van der Waals surface area contributed by atoms with Gasteiger partial charge in [-0.15, -0.1) is 0 Å². The zero-order valence-corrected chi connectivity index (χ0v) is 13.2. The minimum atomic E-state index is -0.541. The lowest BCUT2D eigenvalue weighted by Gasteiger charge is -2.07. The first-order chi connectivity index (χ1) is 10.9. The Kier molecular flexibility index (Phi) is 5.16. The molecule has 5 nitrogen and oxygen atoms in total. The Bertz CT molecular complexity index is 719. The van der Waals surface area contributed by atoms with Gasteiger partial charge in [-0.2, -0.15) is 0 Å². The highest BCUT2D eigenvalue weighted by atomic mass is 19.1. The van der Waals surface area contributed by atoms with Crippen molar-refractivity contribution in [1.82, 2.24) is 4.98 Å². The molecule has 2 aromatic rings. The number of halogens is 1. The van der Waals surface area contributed by atoms with Crippen LogP contribution in [0.4, 0.5) is 4.39 Å². The van der Waals surface area contributed by atoms with Crippen LogP contribution >= 0.6 is 0 Å². The predicted octanol–water partition coefficient (Wildman–Crippen LogP) is 3.21. The first-order valence-electron chi connectivity index (χ1n) is 7.15. The van der Waals surface area contributed by atoms with Crippen molar-refractivity contribution in [3.8, 4) is 5.75 Å². The lowest BCUT2D eigenvalue weighted by atomic mass is 10.1. The molecule has 6 heteroatoms. The average molecular weight is 319 g/mol. The molecule has 1 N–H and O–H groups in total. The smallest absolute Gasteiger partial charge is 0.355 e. The van der Waals surface area contributed by atoms with Crippen LogP contribution in [0.25, 0.3) is 0 Å². The van der Waals surface area contributed by atoms with Crippen molar-refractivity contribution in [1.29, 1.82) is 0 Å². The van der Waals surface area contributed by atoms with Crippen LogP contribution in [0.3, 0.4) is 0 Å². The molecule has 0 spiro atoms. The molecule has 0 unspecified atom stereocenters. The minimum absolute atomic E-state index is 0.0448. The average Bonchev–Trinajstić information content (AvgIpc) is 2.80. The van der Waals surface area contributed by atoms with Crippen LogP contribution in [-0.2, 0) is 4.74 Å². The molecule has 122 valence electrons. The summed E-state index contributed by atoms with van der Waals surface area (Å²) in [5.41, 5.74) is 2.01. The van der Waals surface area contributed by atoms with Gasteiger partial charge in [0.15, 0.2) is 5.78 Å². The quantitative estimate of drug-likeness (QED) is 0.504. The standard InChI is InChI=1S/C17H18FNO4/c1-10-15(12(3)20)11(2)19-16(10)17(21)23-9-8-22-14-6-4-13(18)5-7-14/h4-7,19H,8-9H2,1-3H3. The van der Waals surface area contributed by atoms with Crippen molar-refractivity contribution >= 4 is 11.8 Å². The summed E-state index contributed by atoms with van der Waals surface area (Å²) in [7, 11) is 0. The highest BCUT2D eigenvalue weighted by Gasteiger charge is 2.20. The van der Waals surface area contributed by atoms with E-state index >= 15 is 0 Å². The molecular weight excluding hydrogens is 301 g/mol. The highest BCUT2D eigenvalue weighted by molar-refractivity contribution is 6.01. The molecule has 0 fully saturated rings.